The molecule has 1 N–H and O–H groups in total. The van der Waals surface area contributed by atoms with Gasteiger partial charge in [-0.15, -0.1) is 11.6 Å². The molecule has 35 heavy (non-hydrogen) atoms. The van der Waals surface area contributed by atoms with Crippen LogP contribution in [0.1, 0.15) is 25.8 Å². The fraction of sp³-hybridized carbons (Fsp3) is 0.500. The minimum absolute atomic E-state index is 0.145. The van der Waals surface area contributed by atoms with Crippen molar-refractivity contribution in [2.75, 3.05) is 45.2 Å². The summed E-state index contributed by atoms with van der Waals surface area (Å²) in [4.78, 5) is 22.9. The molecule has 3 heterocycles. The molecule has 1 aliphatic heterocycles. The van der Waals surface area contributed by atoms with Crippen molar-refractivity contribution in [2.24, 2.45) is 7.05 Å². The van der Waals surface area contributed by atoms with Crippen LogP contribution in [0.2, 0.25) is 0 Å². The zero-order valence-corrected chi connectivity index (χ0v) is 22.0. The Kier molecular flexibility index (Phi) is 7.85. The first kappa shape index (κ1) is 25.7. The van der Waals surface area contributed by atoms with Crippen LogP contribution in [-0.4, -0.2) is 77.4 Å². The molecule has 9 nitrogen and oxygen atoms in total. The van der Waals surface area contributed by atoms with Gasteiger partial charge in [-0.2, -0.15) is 4.31 Å². The normalized spacial score (nSPS) is 15.7. The van der Waals surface area contributed by atoms with E-state index < -0.39 is 10.0 Å². The molecule has 0 saturated carbocycles. The molecule has 190 valence electrons. The van der Waals surface area contributed by atoms with Crippen molar-refractivity contribution < 1.29 is 13.2 Å². The standard InChI is InChI=1S/C24H32ClN5O4S/c1-4-6-17-16-28(3)22-21(17)26-23(27-24(22)31)19-15-18(7-8-20(19)34-5-2)35(32,33)30-13-11-29(10-9-25)12-14-30/h7-8,15-16H,4-6,9-14H2,1-3H3,(H,26,27,31). The molecule has 2 aromatic heterocycles. The van der Waals surface area contributed by atoms with Gasteiger partial charge in [-0.1, -0.05) is 13.3 Å². The molecule has 1 aliphatic rings. The Morgan fingerprint density at radius 3 is 2.57 bits per heavy atom. The van der Waals surface area contributed by atoms with Gasteiger partial charge in [0, 0.05) is 51.8 Å². The first-order valence-electron chi connectivity index (χ1n) is 11.9. The molecule has 4 rings (SSSR count). The number of aromatic amines is 1. The van der Waals surface area contributed by atoms with Gasteiger partial charge in [0.2, 0.25) is 10.0 Å². The first-order chi connectivity index (χ1) is 16.8. The lowest BCUT2D eigenvalue weighted by atomic mass is 10.1. The first-order valence-corrected chi connectivity index (χ1v) is 13.9. The molecule has 1 aromatic carbocycles. The number of ether oxygens (including phenoxy) is 1. The Hall–Kier alpha value is -2.40. The molecular weight excluding hydrogens is 490 g/mol. The van der Waals surface area contributed by atoms with Crippen LogP contribution in [0.5, 0.6) is 5.75 Å². The van der Waals surface area contributed by atoms with Crippen molar-refractivity contribution in [1.82, 2.24) is 23.7 Å². The number of alkyl halides is 1. The third-order valence-electron chi connectivity index (χ3n) is 6.30. The predicted octanol–water partition coefficient (Wildman–Crippen LogP) is 2.82. The van der Waals surface area contributed by atoms with Gasteiger partial charge in [0.05, 0.1) is 22.6 Å². The molecular formula is C24H32ClN5O4S. The summed E-state index contributed by atoms with van der Waals surface area (Å²) >= 11 is 5.83. The van der Waals surface area contributed by atoms with E-state index in [1.54, 1.807) is 22.8 Å². The highest BCUT2D eigenvalue weighted by molar-refractivity contribution is 7.89. The smallest absolute Gasteiger partial charge is 0.275 e. The molecule has 1 fully saturated rings. The lowest BCUT2D eigenvalue weighted by Gasteiger charge is -2.33. The van der Waals surface area contributed by atoms with Gasteiger partial charge < -0.3 is 14.3 Å². The number of halogens is 1. The summed E-state index contributed by atoms with van der Waals surface area (Å²) in [7, 11) is -1.91. The van der Waals surface area contributed by atoms with E-state index in [0.717, 1.165) is 24.9 Å². The topological polar surface area (TPSA) is 101 Å². The minimum atomic E-state index is -3.73. The number of H-pyrrole nitrogens is 1. The van der Waals surface area contributed by atoms with Crippen molar-refractivity contribution in [3.8, 4) is 17.1 Å². The Morgan fingerprint density at radius 2 is 1.91 bits per heavy atom. The second-order valence-electron chi connectivity index (χ2n) is 8.65. The van der Waals surface area contributed by atoms with E-state index >= 15 is 0 Å². The molecule has 0 atom stereocenters. The number of piperazine rings is 1. The molecule has 11 heteroatoms. The van der Waals surface area contributed by atoms with E-state index in [-0.39, 0.29) is 10.5 Å². The maximum Gasteiger partial charge on any atom is 0.275 e. The van der Waals surface area contributed by atoms with Gasteiger partial charge in [-0.25, -0.2) is 13.4 Å². The van der Waals surface area contributed by atoms with Crippen molar-refractivity contribution in [3.05, 3.63) is 40.3 Å². The summed E-state index contributed by atoms with van der Waals surface area (Å²) in [6.07, 6.45) is 3.63. The highest BCUT2D eigenvalue weighted by Gasteiger charge is 2.29. The second-order valence-corrected chi connectivity index (χ2v) is 11.0. The number of fused-ring (bicyclic) bond motifs is 1. The fourth-order valence-corrected chi connectivity index (χ4v) is 6.24. The van der Waals surface area contributed by atoms with Crippen molar-refractivity contribution in [1.29, 1.82) is 0 Å². The summed E-state index contributed by atoms with van der Waals surface area (Å²) in [5.41, 5.74) is 2.27. The van der Waals surface area contributed by atoms with E-state index in [9.17, 15) is 13.2 Å². The van der Waals surface area contributed by atoms with Crippen LogP contribution in [0.25, 0.3) is 22.4 Å². The molecule has 0 radical (unpaired) electrons. The number of rotatable bonds is 9. The summed E-state index contributed by atoms with van der Waals surface area (Å²) in [6, 6.07) is 4.74. The lowest BCUT2D eigenvalue weighted by Crippen LogP contribution is -2.48. The quantitative estimate of drug-likeness (QED) is 0.435. The van der Waals surface area contributed by atoms with Gasteiger partial charge in [-0.3, -0.25) is 9.69 Å². The number of benzene rings is 1. The largest absolute Gasteiger partial charge is 0.493 e. The van der Waals surface area contributed by atoms with Crippen LogP contribution in [0, 0.1) is 0 Å². The van der Waals surface area contributed by atoms with Gasteiger partial charge in [0.25, 0.3) is 5.56 Å². The average Bonchev–Trinajstić information content (AvgIpc) is 3.15. The molecule has 0 spiro atoms. The van der Waals surface area contributed by atoms with Crippen LogP contribution < -0.4 is 10.3 Å². The van der Waals surface area contributed by atoms with E-state index in [1.807, 2.05) is 20.2 Å². The van der Waals surface area contributed by atoms with Crippen LogP contribution in [0.4, 0.5) is 0 Å². The third-order valence-corrected chi connectivity index (χ3v) is 8.36. The van der Waals surface area contributed by atoms with Crippen LogP contribution in [0.15, 0.2) is 34.1 Å². The maximum absolute atomic E-state index is 13.5. The zero-order valence-electron chi connectivity index (χ0n) is 20.4. The molecule has 0 bridgehead atoms. The van der Waals surface area contributed by atoms with Crippen LogP contribution in [0.3, 0.4) is 0 Å². The van der Waals surface area contributed by atoms with Gasteiger partial charge in [0.15, 0.2) is 0 Å². The van der Waals surface area contributed by atoms with Crippen LogP contribution >= 0.6 is 11.6 Å². The Morgan fingerprint density at radius 1 is 1.17 bits per heavy atom. The third kappa shape index (κ3) is 5.11. The second kappa shape index (κ2) is 10.7. The minimum Gasteiger partial charge on any atom is -0.493 e. The fourth-order valence-electron chi connectivity index (χ4n) is 4.56. The zero-order chi connectivity index (χ0) is 25.2. The Bertz CT molecular complexity index is 1360. The maximum atomic E-state index is 13.5. The summed E-state index contributed by atoms with van der Waals surface area (Å²) < 4.78 is 36.0. The number of nitrogens with one attached hydrogen (secondary N) is 1. The molecule has 1 saturated heterocycles. The average molecular weight is 522 g/mol. The van der Waals surface area contributed by atoms with Crippen molar-refractivity contribution >= 4 is 32.7 Å². The van der Waals surface area contributed by atoms with Crippen LogP contribution in [-0.2, 0) is 23.5 Å². The summed E-state index contributed by atoms with van der Waals surface area (Å²) in [5, 5.41) is 0. The number of aromatic nitrogens is 3. The van der Waals surface area contributed by atoms with Gasteiger partial charge in [0.1, 0.15) is 17.1 Å². The van der Waals surface area contributed by atoms with Gasteiger partial charge >= 0.3 is 0 Å². The molecule has 0 aliphatic carbocycles. The Balaban J connectivity index is 1.78. The van der Waals surface area contributed by atoms with Gasteiger partial charge in [-0.05, 0) is 37.1 Å². The number of aryl methyl sites for hydroxylation is 2. The number of sulfonamides is 1. The monoisotopic (exact) mass is 521 g/mol. The van der Waals surface area contributed by atoms with Crippen molar-refractivity contribution in [3.63, 3.8) is 0 Å². The highest BCUT2D eigenvalue weighted by atomic mass is 35.5. The number of nitrogens with zero attached hydrogens (tertiary/aromatic N) is 4. The number of hydrogen-bond donors (Lipinski definition) is 1. The van der Waals surface area contributed by atoms with E-state index in [4.69, 9.17) is 21.3 Å². The predicted molar refractivity (Wildman–Crippen MR) is 138 cm³/mol. The lowest BCUT2D eigenvalue weighted by molar-refractivity contribution is 0.197. The Labute approximate surface area is 210 Å². The summed E-state index contributed by atoms with van der Waals surface area (Å²) in [6.45, 7) is 7.12. The SMILES string of the molecule is CCCc1cn(C)c2c(=O)[nH]c(-c3cc(S(=O)(=O)N4CCN(CCCl)CC4)ccc3OCC)nc12. The molecule has 0 unspecified atom stereocenters. The van der Waals surface area contributed by atoms with E-state index in [2.05, 4.69) is 16.8 Å². The summed E-state index contributed by atoms with van der Waals surface area (Å²) in [5.74, 6) is 1.28. The number of hydrogen-bond acceptors (Lipinski definition) is 6. The van der Waals surface area contributed by atoms with E-state index in [1.165, 1.54) is 4.31 Å². The van der Waals surface area contributed by atoms with E-state index in [0.29, 0.717) is 66.8 Å². The van der Waals surface area contributed by atoms with Crippen molar-refractivity contribution in [2.45, 2.75) is 31.6 Å². The molecule has 3 aromatic rings. The highest BCUT2D eigenvalue weighted by Crippen LogP contribution is 2.32. The molecule has 0 amide bonds.